The topological polar surface area (TPSA) is 38.7 Å². The van der Waals surface area contributed by atoms with Gasteiger partial charge in [-0.05, 0) is 24.3 Å². The van der Waals surface area contributed by atoms with E-state index in [-0.39, 0.29) is 17.8 Å². The molecule has 2 rings (SSSR count). The summed E-state index contributed by atoms with van der Waals surface area (Å²) in [5.74, 6) is -5.77. The number of nitrogens with zero attached hydrogens (tertiary/aromatic N) is 1. The normalized spacial score (nSPS) is 11.0. The summed E-state index contributed by atoms with van der Waals surface area (Å²) in [6.07, 6.45) is -3.83. The Kier molecular flexibility index (Phi) is 4.42. The van der Waals surface area contributed by atoms with Gasteiger partial charge in [-0.15, -0.1) is 0 Å². The van der Waals surface area contributed by atoms with Gasteiger partial charge in [0.1, 0.15) is 11.4 Å². The van der Waals surface area contributed by atoms with Crippen LogP contribution in [-0.2, 0) is 11.0 Å². The number of carbonyl (C=O) groups excluding carboxylic acids is 1. The third-order valence-electron chi connectivity index (χ3n) is 2.63. The Morgan fingerprint density at radius 3 is 2.04 bits per heavy atom. The molecule has 9 heteroatoms. The molecule has 0 aliphatic rings. The largest absolute Gasteiger partial charge is 0.451 e. The van der Waals surface area contributed by atoms with Crippen molar-refractivity contribution >= 4 is 11.8 Å². The summed E-state index contributed by atoms with van der Waals surface area (Å²) in [4.78, 5) is 13.0. The van der Waals surface area contributed by atoms with Gasteiger partial charge in [-0.1, -0.05) is 0 Å². The van der Waals surface area contributed by atoms with Crippen LogP contribution < -0.4 is 4.74 Å². The monoisotopic (exact) mass is 333 g/mol. The molecule has 2 aromatic rings. The van der Waals surface area contributed by atoms with Crippen molar-refractivity contribution in [2.45, 2.75) is 6.18 Å². The van der Waals surface area contributed by atoms with Crippen LogP contribution in [0.15, 0.2) is 35.3 Å². The summed E-state index contributed by atoms with van der Waals surface area (Å²) in [5, 5.41) is 0. The van der Waals surface area contributed by atoms with Gasteiger partial charge in [-0.3, -0.25) is 0 Å². The minimum atomic E-state index is -4.93. The highest BCUT2D eigenvalue weighted by molar-refractivity contribution is 5.51. The predicted molar refractivity (Wildman–Crippen MR) is 65.6 cm³/mol. The highest BCUT2D eigenvalue weighted by Crippen LogP contribution is 2.36. The number of aliphatic imine (C=N–C) groups is 1. The number of rotatable bonds is 3. The van der Waals surface area contributed by atoms with E-state index < -0.39 is 40.7 Å². The summed E-state index contributed by atoms with van der Waals surface area (Å²) in [7, 11) is 0. The molecule has 0 bridgehead atoms. The Morgan fingerprint density at radius 2 is 1.57 bits per heavy atom. The highest BCUT2D eigenvalue weighted by atomic mass is 19.4. The van der Waals surface area contributed by atoms with E-state index in [9.17, 15) is 31.1 Å². The van der Waals surface area contributed by atoms with E-state index in [0.29, 0.717) is 6.07 Å². The van der Waals surface area contributed by atoms with E-state index in [1.54, 1.807) is 0 Å². The van der Waals surface area contributed by atoms with Crippen LogP contribution in [-0.4, -0.2) is 6.08 Å². The number of hydrogen-bond acceptors (Lipinski definition) is 3. The van der Waals surface area contributed by atoms with Crippen molar-refractivity contribution in [2.75, 3.05) is 0 Å². The Balaban J connectivity index is 2.37. The van der Waals surface area contributed by atoms with E-state index in [4.69, 9.17) is 4.74 Å². The van der Waals surface area contributed by atoms with Crippen LogP contribution >= 0.6 is 0 Å². The molecule has 0 spiro atoms. The van der Waals surface area contributed by atoms with Gasteiger partial charge in [-0.2, -0.15) is 18.2 Å². The molecule has 0 N–H and O–H groups in total. The number of halogens is 6. The number of ether oxygens (including phenoxy) is 1. The third-order valence-corrected chi connectivity index (χ3v) is 2.63. The summed E-state index contributed by atoms with van der Waals surface area (Å²) in [6.45, 7) is 0. The van der Waals surface area contributed by atoms with E-state index >= 15 is 0 Å². The average Bonchev–Trinajstić information content (AvgIpc) is 2.44. The van der Waals surface area contributed by atoms with Crippen LogP contribution in [0.4, 0.5) is 32.0 Å². The fraction of sp³-hybridized carbons (Fsp3) is 0.0714. The molecule has 0 heterocycles. The Bertz CT molecular complexity index is 773. The average molecular weight is 333 g/mol. The first-order valence-electron chi connectivity index (χ1n) is 5.84. The third kappa shape index (κ3) is 3.70. The zero-order valence-electron chi connectivity index (χ0n) is 10.9. The van der Waals surface area contributed by atoms with Crippen LogP contribution in [0.3, 0.4) is 0 Å². The second-order valence-corrected chi connectivity index (χ2v) is 4.19. The van der Waals surface area contributed by atoms with Gasteiger partial charge >= 0.3 is 6.18 Å². The van der Waals surface area contributed by atoms with Crippen molar-refractivity contribution in [3.05, 3.63) is 53.3 Å². The summed E-state index contributed by atoms with van der Waals surface area (Å²) in [5.41, 5.74) is -1.91. The molecular formula is C14H5F6NO2. The molecule has 120 valence electrons. The zero-order chi connectivity index (χ0) is 17.2. The standard InChI is InChI=1S/C14H5F6NO2/c15-9-5-8(1-2-12(9)21-6-22)23-13-10(16)3-7(4-11(13)17)14(18,19)20/h1-5H. The van der Waals surface area contributed by atoms with E-state index in [2.05, 4.69) is 4.99 Å². The van der Waals surface area contributed by atoms with Crippen LogP contribution in [0.1, 0.15) is 5.56 Å². The second-order valence-electron chi connectivity index (χ2n) is 4.19. The van der Waals surface area contributed by atoms with Gasteiger partial charge in [0.15, 0.2) is 23.2 Å². The van der Waals surface area contributed by atoms with Gasteiger partial charge in [0, 0.05) is 6.07 Å². The summed E-state index contributed by atoms with van der Waals surface area (Å²) >= 11 is 0. The maximum atomic E-state index is 13.6. The van der Waals surface area contributed by atoms with Crippen molar-refractivity contribution < 1.29 is 35.9 Å². The maximum absolute atomic E-state index is 13.6. The minimum Gasteiger partial charge on any atom is -0.451 e. The molecule has 0 aliphatic heterocycles. The molecule has 0 aromatic heterocycles. The predicted octanol–water partition coefficient (Wildman–Crippen LogP) is 4.88. The van der Waals surface area contributed by atoms with Crippen LogP contribution in [0.2, 0.25) is 0 Å². The number of benzene rings is 2. The number of hydrogen-bond donors (Lipinski definition) is 0. The lowest BCUT2D eigenvalue weighted by Crippen LogP contribution is -2.07. The molecule has 0 atom stereocenters. The Hall–Kier alpha value is -2.80. The summed E-state index contributed by atoms with van der Waals surface area (Å²) < 4.78 is 82.6. The zero-order valence-corrected chi connectivity index (χ0v) is 10.9. The minimum absolute atomic E-state index is 0.0554. The van der Waals surface area contributed by atoms with Gasteiger partial charge < -0.3 is 4.74 Å². The molecule has 3 nitrogen and oxygen atoms in total. The van der Waals surface area contributed by atoms with Crippen LogP contribution in [0, 0.1) is 17.5 Å². The quantitative estimate of drug-likeness (QED) is 0.456. The van der Waals surface area contributed by atoms with Crippen LogP contribution in [0.5, 0.6) is 11.5 Å². The smallest absolute Gasteiger partial charge is 0.416 e. The Labute approximate surface area is 124 Å². The number of isocyanates is 1. The van der Waals surface area contributed by atoms with Crippen molar-refractivity contribution in [3.8, 4) is 11.5 Å². The first-order chi connectivity index (χ1) is 10.7. The fourth-order valence-corrected chi connectivity index (χ4v) is 1.63. The van der Waals surface area contributed by atoms with Crippen molar-refractivity contribution in [2.24, 2.45) is 4.99 Å². The Morgan fingerprint density at radius 1 is 0.957 bits per heavy atom. The van der Waals surface area contributed by atoms with Gasteiger partial charge in [0.05, 0.1) is 5.56 Å². The molecule has 2 aromatic carbocycles. The highest BCUT2D eigenvalue weighted by Gasteiger charge is 2.33. The molecule has 0 fully saturated rings. The lowest BCUT2D eigenvalue weighted by molar-refractivity contribution is -0.138. The number of alkyl halides is 3. The van der Waals surface area contributed by atoms with Crippen molar-refractivity contribution in [1.82, 2.24) is 0 Å². The lowest BCUT2D eigenvalue weighted by atomic mass is 10.2. The molecule has 0 amide bonds. The molecule has 0 aliphatic carbocycles. The maximum Gasteiger partial charge on any atom is 0.416 e. The van der Waals surface area contributed by atoms with Gasteiger partial charge in [0.2, 0.25) is 6.08 Å². The molecular weight excluding hydrogens is 328 g/mol. The van der Waals surface area contributed by atoms with Crippen molar-refractivity contribution in [1.29, 1.82) is 0 Å². The van der Waals surface area contributed by atoms with E-state index in [0.717, 1.165) is 18.2 Å². The first-order valence-corrected chi connectivity index (χ1v) is 5.84. The van der Waals surface area contributed by atoms with Crippen LogP contribution in [0.25, 0.3) is 0 Å². The van der Waals surface area contributed by atoms with Gasteiger partial charge in [-0.25, -0.2) is 18.0 Å². The summed E-state index contributed by atoms with van der Waals surface area (Å²) in [6, 6.07) is 2.76. The SMILES string of the molecule is O=C=Nc1ccc(Oc2c(F)cc(C(F)(F)F)cc2F)cc1F. The van der Waals surface area contributed by atoms with Crippen molar-refractivity contribution in [3.63, 3.8) is 0 Å². The van der Waals surface area contributed by atoms with E-state index in [1.807, 2.05) is 0 Å². The lowest BCUT2D eigenvalue weighted by Gasteiger charge is -2.12. The molecule has 23 heavy (non-hydrogen) atoms. The molecule has 0 radical (unpaired) electrons. The molecule has 0 saturated carbocycles. The van der Waals surface area contributed by atoms with E-state index in [1.165, 1.54) is 0 Å². The molecule has 0 saturated heterocycles. The second kappa shape index (κ2) is 6.13. The molecule has 0 unspecified atom stereocenters. The fourth-order valence-electron chi connectivity index (χ4n) is 1.63. The van der Waals surface area contributed by atoms with Gasteiger partial charge in [0.25, 0.3) is 0 Å². The first kappa shape index (κ1) is 16.6.